The Morgan fingerprint density at radius 1 is 1.20 bits per heavy atom. The fraction of sp³-hybridized carbons (Fsp3) is 0.333. The predicted molar refractivity (Wildman–Crippen MR) is 91.0 cm³/mol. The molecule has 0 saturated heterocycles. The number of aliphatic carboxylic acids is 1. The summed E-state index contributed by atoms with van der Waals surface area (Å²) in [6.45, 7) is 3.45. The van der Waals surface area contributed by atoms with Crippen molar-refractivity contribution in [1.82, 2.24) is 10.3 Å². The summed E-state index contributed by atoms with van der Waals surface area (Å²) >= 11 is 0. The van der Waals surface area contributed by atoms with E-state index in [1.807, 2.05) is 12.1 Å². The van der Waals surface area contributed by atoms with Crippen LogP contribution in [0.25, 0.3) is 10.9 Å². The minimum absolute atomic E-state index is 0.0620. The molecule has 1 amide bonds. The van der Waals surface area contributed by atoms with E-state index in [0.717, 1.165) is 5.39 Å². The number of rotatable bonds is 7. The summed E-state index contributed by atoms with van der Waals surface area (Å²) in [7, 11) is 0. The number of hydrogen-bond donors (Lipinski definition) is 2. The highest BCUT2D eigenvalue weighted by Gasteiger charge is 2.27. The highest BCUT2D eigenvalue weighted by Crippen LogP contribution is 2.13. The van der Waals surface area contributed by atoms with Gasteiger partial charge in [0, 0.05) is 5.39 Å². The molecule has 0 fully saturated rings. The Hall–Kier alpha value is -2.96. The van der Waals surface area contributed by atoms with E-state index in [4.69, 9.17) is 4.74 Å². The molecule has 0 radical (unpaired) electrons. The van der Waals surface area contributed by atoms with Gasteiger partial charge in [0.05, 0.1) is 18.0 Å². The Balaban J connectivity index is 2.10. The van der Waals surface area contributed by atoms with E-state index < -0.39 is 29.8 Å². The Bertz CT molecular complexity index is 790. The molecule has 0 bridgehead atoms. The van der Waals surface area contributed by atoms with Crippen LogP contribution in [0.2, 0.25) is 0 Å². The van der Waals surface area contributed by atoms with Crippen LogP contribution >= 0.6 is 0 Å². The summed E-state index contributed by atoms with van der Waals surface area (Å²) < 4.78 is 4.87. The first kappa shape index (κ1) is 18.4. The molecule has 132 valence electrons. The van der Waals surface area contributed by atoms with Gasteiger partial charge in [-0.05, 0) is 25.5 Å². The second-order valence-corrected chi connectivity index (χ2v) is 5.64. The largest absolute Gasteiger partial charge is 0.480 e. The molecule has 0 aliphatic carbocycles. The summed E-state index contributed by atoms with van der Waals surface area (Å²) in [6, 6.07) is 9.37. The minimum atomic E-state index is -1.22. The number of nitrogens with one attached hydrogen (secondary N) is 1. The lowest BCUT2D eigenvalue weighted by atomic mass is 10.0. The van der Waals surface area contributed by atoms with Crippen LogP contribution in [0.1, 0.15) is 30.8 Å². The Labute approximate surface area is 145 Å². The molecule has 2 rings (SSSR count). The molecule has 2 aromatic rings. The maximum Gasteiger partial charge on any atom is 0.326 e. The maximum atomic E-state index is 12.3. The molecule has 2 atom stereocenters. The zero-order valence-electron chi connectivity index (χ0n) is 14.1. The van der Waals surface area contributed by atoms with E-state index >= 15 is 0 Å². The second kappa shape index (κ2) is 8.23. The molecular formula is C18H20N2O5. The van der Waals surface area contributed by atoms with Gasteiger partial charge in [0.15, 0.2) is 0 Å². The Morgan fingerprint density at radius 3 is 2.60 bits per heavy atom. The molecule has 0 aliphatic rings. The van der Waals surface area contributed by atoms with Gasteiger partial charge in [0.2, 0.25) is 0 Å². The van der Waals surface area contributed by atoms with Crippen molar-refractivity contribution in [2.45, 2.75) is 26.3 Å². The van der Waals surface area contributed by atoms with E-state index in [-0.39, 0.29) is 18.7 Å². The molecule has 25 heavy (non-hydrogen) atoms. The lowest BCUT2D eigenvalue weighted by molar-refractivity contribution is -0.148. The number of nitrogens with zero attached hydrogens (tertiary/aromatic N) is 1. The third kappa shape index (κ3) is 4.76. The van der Waals surface area contributed by atoms with E-state index in [1.54, 1.807) is 32.0 Å². The number of hydrogen-bond acceptors (Lipinski definition) is 5. The quantitative estimate of drug-likeness (QED) is 0.744. The van der Waals surface area contributed by atoms with Gasteiger partial charge >= 0.3 is 11.9 Å². The fourth-order valence-corrected chi connectivity index (χ4v) is 2.38. The number of amides is 1. The van der Waals surface area contributed by atoms with Crippen LogP contribution in [0, 0.1) is 5.92 Å². The standard InChI is InChI=1S/C18H20N2O5/c1-3-25-18(24)11(2)10-15(17(22)23)20-16(21)14-9-8-12-6-4-5-7-13(12)19-14/h4-9,11,15H,3,10H2,1-2H3,(H,20,21)(H,22,23)/t11-,15-/m0/s1. The first-order valence-corrected chi connectivity index (χ1v) is 7.98. The van der Waals surface area contributed by atoms with Crippen LogP contribution in [0.4, 0.5) is 0 Å². The molecule has 1 heterocycles. The van der Waals surface area contributed by atoms with E-state index in [1.165, 1.54) is 6.07 Å². The number of fused-ring (bicyclic) bond motifs is 1. The molecule has 1 aromatic heterocycles. The maximum absolute atomic E-state index is 12.3. The normalized spacial score (nSPS) is 13.0. The zero-order chi connectivity index (χ0) is 18.4. The number of esters is 1. The molecule has 1 aromatic carbocycles. The Morgan fingerprint density at radius 2 is 1.92 bits per heavy atom. The molecule has 0 aliphatic heterocycles. The van der Waals surface area contributed by atoms with Crippen LogP contribution in [-0.4, -0.2) is 40.6 Å². The van der Waals surface area contributed by atoms with Gasteiger partial charge < -0.3 is 15.2 Å². The SMILES string of the molecule is CCOC(=O)[C@@H](C)C[C@H](NC(=O)c1ccc2ccccc2n1)C(=O)O. The minimum Gasteiger partial charge on any atom is -0.480 e. The number of carbonyl (C=O) groups is 3. The van der Waals surface area contributed by atoms with Crippen molar-refractivity contribution >= 4 is 28.7 Å². The summed E-state index contributed by atoms with van der Waals surface area (Å²) in [4.78, 5) is 39.6. The molecule has 0 unspecified atom stereocenters. The highest BCUT2D eigenvalue weighted by atomic mass is 16.5. The summed E-state index contributed by atoms with van der Waals surface area (Å²) in [5.41, 5.74) is 0.760. The van der Waals surface area contributed by atoms with Crippen molar-refractivity contribution in [3.63, 3.8) is 0 Å². The first-order chi connectivity index (χ1) is 11.9. The number of ether oxygens (including phenoxy) is 1. The molecule has 2 N–H and O–H groups in total. The number of carbonyl (C=O) groups excluding carboxylic acids is 2. The number of carboxylic acid groups (broad SMARTS) is 1. The van der Waals surface area contributed by atoms with E-state index in [2.05, 4.69) is 10.3 Å². The third-order valence-electron chi connectivity index (χ3n) is 3.71. The van der Waals surface area contributed by atoms with Gasteiger partial charge in [0.25, 0.3) is 5.91 Å². The van der Waals surface area contributed by atoms with Crippen LogP contribution in [0.15, 0.2) is 36.4 Å². The van der Waals surface area contributed by atoms with Gasteiger partial charge in [-0.2, -0.15) is 0 Å². The number of benzene rings is 1. The average Bonchev–Trinajstić information content (AvgIpc) is 2.60. The van der Waals surface area contributed by atoms with Crippen LogP contribution < -0.4 is 5.32 Å². The molecular weight excluding hydrogens is 324 g/mol. The summed E-state index contributed by atoms with van der Waals surface area (Å²) in [5, 5.41) is 12.6. The predicted octanol–water partition coefficient (Wildman–Crippen LogP) is 2.01. The van der Waals surface area contributed by atoms with Crippen LogP contribution in [-0.2, 0) is 14.3 Å². The smallest absolute Gasteiger partial charge is 0.326 e. The van der Waals surface area contributed by atoms with Gasteiger partial charge in [-0.25, -0.2) is 9.78 Å². The lowest BCUT2D eigenvalue weighted by Crippen LogP contribution is -2.43. The third-order valence-corrected chi connectivity index (χ3v) is 3.71. The number of aromatic nitrogens is 1. The van der Waals surface area contributed by atoms with Crippen molar-refractivity contribution in [3.8, 4) is 0 Å². The molecule has 0 spiro atoms. The highest BCUT2D eigenvalue weighted by molar-refractivity contribution is 5.97. The second-order valence-electron chi connectivity index (χ2n) is 5.64. The van der Waals surface area contributed by atoms with Crippen molar-refractivity contribution in [1.29, 1.82) is 0 Å². The van der Waals surface area contributed by atoms with Gasteiger partial charge in [-0.1, -0.05) is 31.2 Å². The monoisotopic (exact) mass is 344 g/mol. The van der Waals surface area contributed by atoms with Gasteiger partial charge in [-0.3, -0.25) is 9.59 Å². The fourth-order valence-electron chi connectivity index (χ4n) is 2.38. The lowest BCUT2D eigenvalue weighted by Gasteiger charge is -2.18. The van der Waals surface area contributed by atoms with Crippen molar-refractivity contribution < 1.29 is 24.2 Å². The Kier molecular flexibility index (Phi) is 6.05. The van der Waals surface area contributed by atoms with Gasteiger partial charge in [-0.15, -0.1) is 0 Å². The first-order valence-electron chi connectivity index (χ1n) is 7.98. The van der Waals surface area contributed by atoms with E-state index in [9.17, 15) is 19.5 Å². The zero-order valence-corrected chi connectivity index (χ0v) is 14.1. The average molecular weight is 344 g/mol. The molecule has 0 saturated carbocycles. The topological polar surface area (TPSA) is 106 Å². The van der Waals surface area contributed by atoms with Gasteiger partial charge in [0.1, 0.15) is 11.7 Å². The molecule has 7 heteroatoms. The van der Waals surface area contributed by atoms with Crippen LogP contribution in [0.3, 0.4) is 0 Å². The summed E-state index contributed by atoms with van der Waals surface area (Å²) in [6.07, 6.45) is -0.0620. The van der Waals surface area contributed by atoms with Crippen LogP contribution in [0.5, 0.6) is 0 Å². The van der Waals surface area contributed by atoms with Crippen molar-refractivity contribution in [2.24, 2.45) is 5.92 Å². The van der Waals surface area contributed by atoms with E-state index in [0.29, 0.717) is 5.52 Å². The number of pyridine rings is 1. The number of para-hydroxylation sites is 1. The summed E-state index contributed by atoms with van der Waals surface area (Å²) in [5.74, 6) is -2.96. The number of carboxylic acids is 1. The molecule has 7 nitrogen and oxygen atoms in total. The van der Waals surface area contributed by atoms with Crippen molar-refractivity contribution in [2.75, 3.05) is 6.61 Å². The van der Waals surface area contributed by atoms with Crippen molar-refractivity contribution in [3.05, 3.63) is 42.1 Å².